The summed E-state index contributed by atoms with van der Waals surface area (Å²) in [5.74, 6) is 0. The van der Waals surface area contributed by atoms with Crippen LogP contribution in [0.2, 0.25) is 0 Å². The second-order valence-electron chi connectivity index (χ2n) is 6.74. The van der Waals surface area contributed by atoms with E-state index >= 15 is 0 Å². The van der Waals surface area contributed by atoms with Crippen LogP contribution < -0.4 is 5.32 Å². The predicted octanol–water partition coefficient (Wildman–Crippen LogP) is 2.10. The zero-order chi connectivity index (χ0) is 17.9. The second-order valence-corrected chi connectivity index (χ2v) is 6.74. The lowest BCUT2D eigenvalue weighted by atomic mass is 9.88. The molecular formula is C21H25NO3. The Bertz CT molecular complexity index is 731. The topological polar surface area (TPSA) is 72.7 Å². The standard InChI is InChI=1S/C21H25NO3/c1-15(21(25,11-12-23)14-16-7-3-2-4-8-16)22-20-18-10-6-5-9-17(18)13-19(20)24/h2-10,19-20,22-25H,1,11-14H2/t19-,20+,21+/m1/s1. The van der Waals surface area contributed by atoms with E-state index in [1.165, 1.54) is 0 Å². The summed E-state index contributed by atoms with van der Waals surface area (Å²) >= 11 is 0. The molecule has 3 atom stereocenters. The third-order valence-corrected chi connectivity index (χ3v) is 4.96. The van der Waals surface area contributed by atoms with Crippen molar-refractivity contribution < 1.29 is 15.3 Å². The van der Waals surface area contributed by atoms with Gasteiger partial charge in [0.2, 0.25) is 0 Å². The van der Waals surface area contributed by atoms with Gasteiger partial charge in [0.15, 0.2) is 0 Å². The Hall–Kier alpha value is -2.14. The average Bonchev–Trinajstić information content (AvgIpc) is 2.91. The lowest BCUT2D eigenvalue weighted by molar-refractivity contribution is 0.0386. The first-order chi connectivity index (χ1) is 12.0. The maximum atomic E-state index is 11.1. The van der Waals surface area contributed by atoms with Gasteiger partial charge in [-0.15, -0.1) is 0 Å². The van der Waals surface area contributed by atoms with Gasteiger partial charge in [-0.2, -0.15) is 0 Å². The van der Waals surface area contributed by atoms with Gasteiger partial charge in [0, 0.05) is 31.6 Å². The van der Waals surface area contributed by atoms with E-state index in [1.54, 1.807) is 0 Å². The molecule has 0 heterocycles. The molecule has 0 amide bonds. The van der Waals surface area contributed by atoms with Crippen LogP contribution in [-0.2, 0) is 12.8 Å². The number of benzene rings is 2. The minimum absolute atomic E-state index is 0.145. The molecule has 4 N–H and O–H groups in total. The first-order valence-electron chi connectivity index (χ1n) is 8.62. The van der Waals surface area contributed by atoms with Crippen LogP contribution in [0.5, 0.6) is 0 Å². The van der Waals surface area contributed by atoms with Crippen LogP contribution >= 0.6 is 0 Å². The largest absolute Gasteiger partial charge is 0.396 e. The van der Waals surface area contributed by atoms with Crippen molar-refractivity contribution >= 4 is 0 Å². The molecule has 1 aliphatic rings. The Kier molecular flexibility index (Phi) is 5.23. The van der Waals surface area contributed by atoms with Gasteiger partial charge in [0.1, 0.15) is 5.60 Å². The van der Waals surface area contributed by atoms with Crippen molar-refractivity contribution in [2.24, 2.45) is 0 Å². The second kappa shape index (κ2) is 7.40. The van der Waals surface area contributed by atoms with Crippen LogP contribution in [0.15, 0.2) is 66.9 Å². The number of rotatable bonds is 7. The van der Waals surface area contributed by atoms with Crippen LogP contribution in [0.3, 0.4) is 0 Å². The van der Waals surface area contributed by atoms with Gasteiger partial charge in [-0.3, -0.25) is 0 Å². The number of aliphatic hydroxyl groups is 3. The van der Waals surface area contributed by atoms with Crippen LogP contribution in [0.4, 0.5) is 0 Å². The van der Waals surface area contributed by atoms with Crippen molar-refractivity contribution in [3.8, 4) is 0 Å². The van der Waals surface area contributed by atoms with E-state index in [4.69, 9.17) is 0 Å². The molecule has 0 fully saturated rings. The maximum absolute atomic E-state index is 11.1. The monoisotopic (exact) mass is 339 g/mol. The van der Waals surface area contributed by atoms with E-state index < -0.39 is 11.7 Å². The summed E-state index contributed by atoms with van der Waals surface area (Å²) in [6.07, 6.45) is 0.547. The van der Waals surface area contributed by atoms with Gasteiger partial charge in [-0.1, -0.05) is 61.2 Å². The third kappa shape index (κ3) is 3.76. The van der Waals surface area contributed by atoms with Gasteiger partial charge in [0.05, 0.1) is 12.1 Å². The van der Waals surface area contributed by atoms with E-state index in [1.807, 2.05) is 54.6 Å². The fraction of sp³-hybridized carbons (Fsp3) is 0.333. The van der Waals surface area contributed by atoms with Crippen LogP contribution in [0.1, 0.15) is 29.2 Å². The molecule has 1 aliphatic carbocycles. The molecule has 0 saturated carbocycles. The lowest BCUT2D eigenvalue weighted by Crippen LogP contribution is -2.43. The number of nitrogens with one attached hydrogen (secondary N) is 1. The minimum Gasteiger partial charge on any atom is -0.396 e. The Labute approximate surface area is 148 Å². The molecule has 132 valence electrons. The fourth-order valence-corrected chi connectivity index (χ4v) is 3.53. The molecule has 0 saturated heterocycles. The normalized spacial score (nSPS) is 21.4. The van der Waals surface area contributed by atoms with Crippen molar-refractivity contribution in [2.75, 3.05) is 6.61 Å². The molecule has 0 bridgehead atoms. The summed E-state index contributed by atoms with van der Waals surface area (Å²) < 4.78 is 0. The van der Waals surface area contributed by atoms with Crippen molar-refractivity contribution in [3.63, 3.8) is 0 Å². The van der Waals surface area contributed by atoms with Gasteiger partial charge >= 0.3 is 0 Å². The zero-order valence-electron chi connectivity index (χ0n) is 14.2. The summed E-state index contributed by atoms with van der Waals surface area (Å²) in [4.78, 5) is 0. The molecule has 0 aliphatic heterocycles. The van der Waals surface area contributed by atoms with Crippen LogP contribution in [-0.4, -0.2) is 33.6 Å². The molecule has 0 aromatic heterocycles. The highest BCUT2D eigenvalue weighted by Gasteiger charge is 2.36. The van der Waals surface area contributed by atoms with E-state index in [2.05, 4.69) is 11.9 Å². The first kappa shape index (κ1) is 17.7. The zero-order valence-corrected chi connectivity index (χ0v) is 14.2. The molecule has 4 nitrogen and oxygen atoms in total. The third-order valence-electron chi connectivity index (χ3n) is 4.96. The average molecular weight is 339 g/mol. The fourth-order valence-electron chi connectivity index (χ4n) is 3.53. The molecule has 0 unspecified atom stereocenters. The Morgan fingerprint density at radius 3 is 2.52 bits per heavy atom. The highest BCUT2D eigenvalue weighted by molar-refractivity contribution is 5.37. The lowest BCUT2D eigenvalue weighted by Gasteiger charge is -2.33. The molecule has 25 heavy (non-hydrogen) atoms. The van der Waals surface area contributed by atoms with E-state index in [9.17, 15) is 15.3 Å². The van der Waals surface area contributed by atoms with E-state index in [0.717, 1.165) is 16.7 Å². The number of fused-ring (bicyclic) bond motifs is 1. The van der Waals surface area contributed by atoms with Crippen molar-refractivity contribution in [3.05, 3.63) is 83.6 Å². The number of hydrogen-bond donors (Lipinski definition) is 4. The SMILES string of the molecule is C=C(N[C@H]1c2ccccc2C[C@H]1O)[C@](O)(CCO)Cc1ccccc1. The molecule has 2 aromatic rings. The molecule has 0 radical (unpaired) electrons. The van der Waals surface area contributed by atoms with Gasteiger partial charge in [0.25, 0.3) is 0 Å². The Morgan fingerprint density at radius 2 is 1.80 bits per heavy atom. The summed E-state index contributed by atoms with van der Waals surface area (Å²) in [6, 6.07) is 17.2. The molecule has 2 aromatic carbocycles. The molecular weight excluding hydrogens is 314 g/mol. The minimum atomic E-state index is -1.28. The summed E-state index contributed by atoms with van der Waals surface area (Å²) in [7, 11) is 0. The number of hydrogen-bond acceptors (Lipinski definition) is 4. The van der Waals surface area contributed by atoms with E-state index in [0.29, 0.717) is 18.5 Å². The summed E-state index contributed by atoms with van der Waals surface area (Å²) in [5, 5.41) is 34.2. The van der Waals surface area contributed by atoms with E-state index in [-0.39, 0.29) is 19.1 Å². The summed E-state index contributed by atoms with van der Waals surface area (Å²) in [6.45, 7) is 3.88. The Morgan fingerprint density at radius 1 is 1.12 bits per heavy atom. The number of aliphatic hydroxyl groups excluding tert-OH is 2. The van der Waals surface area contributed by atoms with Crippen molar-refractivity contribution in [1.82, 2.24) is 5.32 Å². The van der Waals surface area contributed by atoms with Gasteiger partial charge in [-0.05, 0) is 16.7 Å². The molecule has 4 heteroatoms. The maximum Gasteiger partial charge on any atom is 0.110 e. The van der Waals surface area contributed by atoms with Gasteiger partial charge < -0.3 is 20.6 Å². The quantitative estimate of drug-likeness (QED) is 0.623. The highest BCUT2D eigenvalue weighted by Crippen LogP contribution is 2.34. The predicted molar refractivity (Wildman–Crippen MR) is 98.0 cm³/mol. The van der Waals surface area contributed by atoms with Crippen molar-refractivity contribution in [1.29, 1.82) is 0 Å². The van der Waals surface area contributed by atoms with Crippen molar-refractivity contribution in [2.45, 2.75) is 37.0 Å². The van der Waals surface area contributed by atoms with Crippen LogP contribution in [0, 0.1) is 0 Å². The first-order valence-corrected chi connectivity index (χ1v) is 8.62. The smallest absolute Gasteiger partial charge is 0.110 e. The van der Waals surface area contributed by atoms with Gasteiger partial charge in [-0.25, -0.2) is 0 Å². The highest BCUT2D eigenvalue weighted by atomic mass is 16.3. The molecule has 0 spiro atoms. The van der Waals surface area contributed by atoms with Crippen LogP contribution in [0.25, 0.3) is 0 Å². The summed E-state index contributed by atoms with van der Waals surface area (Å²) in [5.41, 5.74) is 2.24. The molecule has 3 rings (SSSR count). The Balaban J connectivity index is 1.79.